The number of amides is 3. The van der Waals surface area contributed by atoms with Crippen LogP contribution in [0.1, 0.15) is 43.3 Å². The van der Waals surface area contributed by atoms with E-state index in [1.807, 2.05) is 48.5 Å². The monoisotopic (exact) mass is 592 g/mol. The molecule has 4 aromatic rings. The van der Waals surface area contributed by atoms with Gasteiger partial charge in [0.2, 0.25) is 0 Å². The standard InChI is InChI=1S/C34H28N2O8/c1-41-21-15-20(16-22(18-21)42-2)17-30(33(39)44-36-31(37)27-13-7-8-14-28(27)32(36)38)35-34(40)43-19-29-25-11-5-3-9-23(25)24-10-4-6-12-26(24)29/h3-16,18,29-30H,17,19H2,1-2H3,(H,35,40). The number of fused-ring (bicyclic) bond motifs is 4. The predicted octanol–water partition coefficient (Wildman–Crippen LogP) is 4.91. The maximum atomic E-state index is 13.5. The van der Waals surface area contributed by atoms with Gasteiger partial charge in [-0.1, -0.05) is 65.7 Å². The summed E-state index contributed by atoms with van der Waals surface area (Å²) in [5.74, 6) is -1.85. The SMILES string of the molecule is COc1cc(CC(NC(=O)OCC2c3ccccc3-c3ccccc32)C(=O)ON2C(=O)c3ccccc3C2=O)cc(OC)c1. The zero-order chi connectivity index (χ0) is 30.8. The Morgan fingerprint density at radius 3 is 1.77 bits per heavy atom. The Hall–Kier alpha value is -5.64. The normalized spacial score (nSPS) is 13.9. The van der Waals surface area contributed by atoms with Gasteiger partial charge in [-0.2, -0.15) is 0 Å². The summed E-state index contributed by atoms with van der Waals surface area (Å²) >= 11 is 0. The molecule has 0 saturated heterocycles. The van der Waals surface area contributed by atoms with Crippen molar-refractivity contribution in [2.75, 3.05) is 20.8 Å². The van der Waals surface area contributed by atoms with Crippen LogP contribution in [0.5, 0.6) is 11.5 Å². The number of benzene rings is 4. The number of imide groups is 1. The Morgan fingerprint density at radius 1 is 0.750 bits per heavy atom. The van der Waals surface area contributed by atoms with Crippen LogP contribution in [0.15, 0.2) is 91.0 Å². The molecule has 1 unspecified atom stereocenters. The second kappa shape index (κ2) is 11.9. The van der Waals surface area contributed by atoms with Crippen LogP contribution in [0.25, 0.3) is 11.1 Å². The summed E-state index contributed by atoms with van der Waals surface area (Å²) in [6.45, 7) is 0.0208. The van der Waals surface area contributed by atoms with Crippen LogP contribution in [0.2, 0.25) is 0 Å². The number of rotatable bonds is 9. The zero-order valence-corrected chi connectivity index (χ0v) is 23.9. The minimum atomic E-state index is -1.34. The molecule has 0 saturated carbocycles. The number of hydroxylamine groups is 2. The molecule has 0 bridgehead atoms. The quantitative estimate of drug-likeness (QED) is 0.272. The molecular weight excluding hydrogens is 564 g/mol. The number of alkyl carbamates (subject to hydrolysis) is 1. The second-order valence-corrected chi connectivity index (χ2v) is 10.3. The van der Waals surface area contributed by atoms with Crippen molar-refractivity contribution in [1.82, 2.24) is 10.4 Å². The number of methoxy groups -OCH3 is 2. The van der Waals surface area contributed by atoms with E-state index >= 15 is 0 Å². The molecular formula is C34H28N2O8. The number of carbonyl (C=O) groups excluding carboxylic acids is 4. The summed E-state index contributed by atoms with van der Waals surface area (Å²) in [7, 11) is 2.98. The van der Waals surface area contributed by atoms with E-state index in [4.69, 9.17) is 19.0 Å². The Bertz CT molecular complexity index is 1680. The van der Waals surface area contributed by atoms with Gasteiger partial charge in [-0.25, -0.2) is 9.59 Å². The minimum Gasteiger partial charge on any atom is -0.497 e. The van der Waals surface area contributed by atoms with E-state index in [1.54, 1.807) is 30.3 Å². The van der Waals surface area contributed by atoms with Gasteiger partial charge >= 0.3 is 12.1 Å². The molecule has 0 fully saturated rings. The van der Waals surface area contributed by atoms with E-state index in [0.29, 0.717) is 22.1 Å². The lowest BCUT2D eigenvalue weighted by Gasteiger charge is -2.21. The smallest absolute Gasteiger partial charge is 0.407 e. The highest BCUT2D eigenvalue weighted by molar-refractivity contribution is 6.21. The van der Waals surface area contributed by atoms with Crippen molar-refractivity contribution >= 4 is 23.9 Å². The first-order valence-corrected chi connectivity index (χ1v) is 13.9. The average molecular weight is 593 g/mol. The molecule has 1 N–H and O–H groups in total. The highest BCUT2D eigenvalue weighted by Crippen LogP contribution is 2.44. The molecule has 2 aliphatic rings. The van der Waals surface area contributed by atoms with Gasteiger partial charge in [-0.3, -0.25) is 9.59 Å². The topological polar surface area (TPSA) is 120 Å². The van der Waals surface area contributed by atoms with E-state index in [9.17, 15) is 19.2 Å². The van der Waals surface area contributed by atoms with Crippen molar-refractivity contribution in [3.05, 3.63) is 119 Å². The number of ether oxygens (including phenoxy) is 3. The lowest BCUT2D eigenvalue weighted by Crippen LogP contribution is -2.47. The Balaban J connectivity index is 1.21. The molecule has 4 aromatic carbocycles. The first-order valence-electron chi connectivity index (χ1n) is 13.9. The molecule has 1 aliphatic heterocycles. The fourth-order valence-corrected chi connectivity index (χ4v) is 5.60. The van der Waals surface area contributed by atoms with Crippen LogP contribution < -0.4 is 14.8 Å². The maximum absolute atomic E-state index is 13.5. The van der Waals surface area contributed by atoms with Crippen molar-refractivity contribution in [2.24, 2.45) is 0 Å². The molecule has 10 nitrogen and oxygen atoms in total. The molecule has 1 aliphatic carbocycles. The van der Waals surface area contributed by atoms with Gasteiger partial charge in [0.1, 0.15) is 24.1 Å². The van der Waals surface area contributed by atoms with Gasteiger partial charge < -0.3 is 24.4 Å². The molecule has 1 heterocycles. The third-order valence-corrected chi connectivity index (χ3v) is 7.71. The molecule has 1 atom stereocenters. The summed E-state index contributed by atoms with van der Waals surface area (Å²) in [4.78, 5) is 57.7. The number of nitrogens with zero attached hydrogens (tertiary/aromatic N) is 1. The third-order valence-electron chi connectivity index (χ3n) is 7.71. The molecule has 0 radical (unpaired) electrons. The average Bonchev–Trinajstić information content (AvgIpc) is 3.50. The number of hydrogen-bond acceptors (Lipinski definition) is 8. The number of nitrogens with one attached hydrogen (secondary N) is 1. The molecule has 3 amide bonds. The van der Waals surface area contributed by atoms with E-state index in [-0.39, 0.29) is 30.1 Å². The Kier molecular flexibility index (Phi) is 7.72. The zero-order valence-electron chi connectivity index (χ0n) is 23.9. The first kappa shape index (κ1) is 28.5. The summed E-state index contributed by atoms with van der Waals surface area (Å²) in [6, 6.07) is 25.7. The van der Waals surface area contributed by atoms with Crippen LogP contribution in [-0.4, -0.2) is 55.8 Å². The highest BCUT2D eigenvalue weighted by atomic mass is 16.7. The fraction of sp³-hybridized carbons (Fsp3) is 0.176. The van der Waals surface area contributed by atoms with Crippen LogP contribution in [0.3, 0.4) is 0 Å². The van der Waals surface area contributed by atoms with E-state index < -0.39 is 29.9 Å². The minimum absolute atomic E-state index is 0.0208. The summed E-state index contributed by atoms with van der Waals surface area (Å²) in [5.41, 5.74) is 5.01. The van der Waals surface area contributed by atoms with Crippen LogP contribution in [0.4, 0.5) is 4.79 Å². The Morgan fingerprint density at radius 2 is 1.25 bits per heavy atom. The van der Waals surface area contributed by atoms with Gasteiger partial charge in [0, 0.05) is 18.4 Å². The molecule has 0 aromatic heterocycles. The van der Waals surface area contributed by atoms with Gasteiger partial charge in [0.25, 0.3) is 11.8 Å². The lowest BCUT2D eigenvalue weighted by atomic mass is 9.98. The summed E-state index contributed by atoms with van der Waals surface area (Å²) < 4.78 is 16.3. The van der Waals surface area contributed by atoms with E-state index in [0.717, 1.165) is 22.3 Å². The molecule has 10 heteroatoms. The van der Waals surface area contributed by atoms with Gasteiger partial charge in [0.15, 0.2) is 0 Å². The molecule has 0 spiro atoms. The van der Waals surface area contributed by atoms with Crippen molar-refractivity contribution in [3.63, 3.8) is 0 Å². The summed E-state index contributed by atoms with van der Waals surface area (Å²) in [6.07, 6.45) is -0.953. The van der Waals surface area contributed by atoms with E-state index in [1.165, 1.54) is 26.4 Å². The van der Waals surface area contributed by atoms with Crippen molar-refractivity contribution in [1.29, 1.82) is 0 Å². The number of carbonyl (C=O) groups is 4. The summed E-state index contributed by atoms with van der Waals surface area (Å²) in [5, 5.41) is 2.98. The van der Waals surface area contributed by atoms with Crippen LogP contribution in [0, 0.1) is 0 Å². The van der Waals surface area contributed by atoms with Gasteiger partial charge in [-0.05, 0) is 52.1 Å². The predicted molar refractivity (Wildman–Crippen MR) is 158 cm³/mol. The molecule has 222 valence electrons. The maximum Gasteiger partial charge on any atom is 0.407 e. The molecule has 44 heavy (non-hydrogen) atoms. The third kappa shape index (κ3) is 5.33. The van der Waals surface area contributed by atoms with E-state index in [2.05, 4.69) is 5.32 Å². The number of hydrogen-bond donors (Lipinski definition) is 1. The largest absolute Gasteiger partial charge is 0.497 e. The first-order chi connectivity index (χ1) is 21.4. The lowest BCUT2D eigenvalue weighted by molar-refractivity contribution is -0.171. The fourth-order valence-electron chi connectivity index (χ4n) is 5.60. The van der Waals surface area contributed by atoms with Crippen LogP contribution >= 0.6 is 0 Å². The van der Waals surface area contributed by atoms with Crippen molar-refractivity contribution in [2.45, 2.75) is 18.4 Å². The second-order valence-electron chi connectivity index (χ2n) is 10.3. The highest BCUT2D eigenvalue weighted by Gasteiger charge is 2.40. The van der Waals surface area contributed by atoms with Gasteiger partial charge in [-0.15, -0.1) is 0 Å². The van der Waals surface area contributed by atoms with Crippen LogP contribution in [-0.2, 0) is 20.8 Å². The van der Waals surface area contributed by atoms with Crippen molar-refractivity contribution < 1.29 is 38.2 Å². The van der Waals surface area contributed by atoms with Crippen molar-refractivity contribution in [3.8, 4) is 22.6 Å². The Labute approximate surface area is 253 Å². The van der Waals surface area contributed by atoms with Gasteiger partial charge in [0.05, 0.1) is 25.3 Å². The molecule has 6 rings (SSSR count).